The zero-order valence-electron chi connectivity index (χ0n) is 15.3. The van der Waals surface area contributed by atoms with E-state index in [4.69, 9.17) is 0 Å². The van der Waals surface area contributed by atoms with Gasteiger partial charge in [0, 0.05) is 19.3 Å². The van der Waals surface area contributed by atoms with Crippen molar-refractivity contribution < 1.29 is 9.59 Å². The van der Waals surface area contributed by atoms with Gasteiger partial charge in [-0.15, -0.1) is 0 Å². The molecule has 1 unspecified atom stereocenters. The highest BCUT2D eigenvalue weighted by Crippen LogP contribution is 2.44. The van der Waals surface area contributed by atoms with Crippen molar-refractivity contribution in [3.05, 3.63) is 69.6 Å². The SMILES string of the molecule is CN(C(=O)c1cc(C(=O)NC2CC2)c[nH]c1=O)C(c1ccccc1)C1CC1. The van der Waals surface area contributed by atoms with Crippen molar-refractivity contribution >= 4 is 11.8 Å². The third kappa shape index (κ3) is 3.79. The third-order valence-corrected chi connectivity index (χ3v) is 5.26. The molecule has 4 rings (SSSR count). The predicted octanol–water partition coefficient (Wildman–Crippen LogP) is 2.49. The smallest absolute Gasteiger partial charge is 0.260 e. The Hall–Kier alpha value is -2.89. The Morgan fingerprint density at radius 3 is 2.48 bits per heavy atom. The molecule has 0 saturated heterocycles. The van der Waals surface area contributed by atoms with Crippen molar-refractivity contribution in [2.24, 2.45) is 5.92 Å². The first kappa shape index (κ1) is 17.5. The summed E-state index contributed by atoms with van der Waals surface area (Å²) < 4.78 is 0. The number of hydrogen-bond donors (Lipinski definition) is 2. The van der Waals surface area contributed by atoms with Gasteiger partial charge in [-0.1, -0.05) is 30.3 Å². The lowest BCUT2D eigenvalue weighted by molar-refractivity contribution is 0.0709. The molecule has 0 radical (unpaired) electrons. The second-order valence-corrected chi connectivity index (χ2v) is 7.49. The van der Waals surface area contributed by atoms with Crippen LogP contribution in [0.4, 0.5) is 0 Å². The summed E-state index contributed by atoms with van der Waals surface area (Å²) in [5.41, 5.74) is 0.899. The lowest BCUT2D eigenvalue weighted by Crippen LogP contribution is -2.36. The molecule has 6 nitrogen and oxygen atoms in total. The number of aromatic amines is 1. The monoisotopic (exact) mass is 365 g/mol. The van der Waals surface area contributed by atoms with Gasteiger partial charge < -0.3 is 15.2 Å². The highest BCUT2D eigenvalue weighted by molar-refractivity contribution is 5.99. The minimum Gasteiger partial charge on any atom is -0.349 e. The molecule has 27 heavy (non-hydrogen) atoms. The second kappa shape index (κ2) is 7.02. The molecule has 2 N–H and O–H groups in total. The highest BCUT2D eigenvalue weighted by atomic mass is 16.2. The number of benzene rings is 1. The topological polar surface area (TPSA) is 82.3 Å². The van der Waals surface area contributed by atoms with Crippen molar-refractivity contribution in [1.29, 1.82) is 0 Å². The van der Waals surface area contributed by atoms with Crippen molar-refractivity contribution in [3.8, 4) is 0 Å². The van der Waals surface area contributed by atoms with Gasteiger partial charge in [-0.3, -0.25) is 14.4 Å². The van der Waals surface area contributed by atoms with E-state index in [1.165, 1.54) is 12.3 Å². The summed E-state index contributed by atoms with van der Waals surface area (Å²) in [4.78, 5) is 41.8. The molecule has 1 aromatic heterocycles. The standard InChI is InChI=1S/C21H23N3O3/c1-24(18(14-7-8-14)13-5-3-2-4-6-13)21(27)17-11-15(12-22-20(17)26)19(25)23-16-9-10-16/h2-6,11-12,14,16,18H,7-10H2,1H3,(H,22,26)(H,23,25). The number of carbonyl (C=O) groups is 2. The van der Waals surface area contributed by atoms with E-state index in [1.807, 2.05) is 30.3 Å². The summed E-state index contributed by atoms with van der Waals surface area (Å²) in [6.45, 7) is 0. The Labute approximate surface area is 157 Å². The Kier molecular flexibility index (Phi) is 4.56. The van der Waals surface area contributed by atoms with Gasteiger partial charge in [-0.2, -0.15) is 0 Å². The molecule has 2 aliphatic carbocycles. The van der Waals surface area contributed by atoms with Gasteiger partial charge in [0.2, 0.25) is 0 Å². The third-order valence-electron chi connectivity index (χ3n) is 5.26. The van der Waals surface area contributed by atoms with Crippen molar-refractivity contribution in [2.45, 2.75) is 37.8 Å². The summed E-state index contributed by atoms with van der Waals surface area (Å²) >= 11 is 0. The molecule has 1 aromatic carbocycles. The van der Waals surface area contributed by atoms with E-state index < -0.39 is 5.56 Å². The number of amides is 2. The Bertz CT molecular complexity index is 914. The highest BCUT2D eigenvalue weighted by Gasteiger charge is 2.37. The van der Waals surface area contributed by atoms with E-state index in [-0.39, 0.29) is 29.5 Å². The van der Waals surface area contributed by atoms with Crippen LogP contribution in [0.1, 0.15) is 58.0 Å². The number of hydrogen-bond acceptors (Lipinski definition) is 3. The molecular formula is C21H23N3O3. The minimum absolute atomic E-state index is 0.00234. The average Bonchev–Trinajstić information content (AvgIpc) is 3.58. The number of nitrogens with zero attached hydrogens (tertiary/aromatic N) is 1. The number of carbonyl (C=O) groups excluding carboxylic acids is 2. The molecule has 0 aliphatic heterocycles. The number of pyridine rings is 1. The average molecular weight is 365 g/mol. The zero-order valence-corrected chi connectivity index (χ0v) is 15.3. The molecule has 0 spiro atoms. The molecule has 2 saturated carbocycles. The zero-order chi connectivity index (χ0) is 19.0. The van der Waals surface area contributed by atoms with Gasteiger partial charge in [-0.05, 0) is 43.2 Å². The van der Waals surface area contributed by atoms with Crippen LogP contribution in [-0.4, -0.2) is 34.8 Å². The molecule has 1 atom stereocenters. The van der Waals surface area contributed by atoms with Gasteiger partial charge >= 0.3 is 0 Å². The van der Waals surface area contributed by atoms with Crippen LogP contribution < -0.4 is 10.9 Å². The van der Waals surface area contributed by atoms with Crippen molar-refractivity contribution in [2.75, 3.05) is 7.05 Å². The first-order valence-electron chi connectivity index (χ1n) is 9.40. The predicted molar refractivity (Wildman–Crippen MR) is 102 cm³/mol. The molecule has 2 fully saturated rings. The van der Waals surface area contributed by atoms with Gasteiger partial charge in [-0.25, -0.2) is 0 Å². The van der Waals surface area contributed by atoms with Crippen LogP contribution in [0.25, 0.3) is 0 Å². The summed E-state index contributed by atoms with van der Waals surface area (Å²) in [5.74, 6) is -0.216. The molecule has 140 valence electrons. The summed E-state index contributed by atoms with van der Waals surface area (Å²) in [5, 5.41) is 2.88. The maximum absolute atomic E-state index is 13.1. The van der Waals surface area contributed by atoms with Gasteiger partial charge in [0.05, 0.1) is 11.6 Å². The van der Waals surface area contributed by atoms with E-state index in [1.54, 1.807) is 11.9 Å². The van der Waals surface area contributed by atoms with Gasteiger partial charge in [0.25, 0.3) is 17.4 Å². The number of H-pyrrole nitrogens is 1. The minimum atomic E-state index is -0.475. The number of aromatic nitrogens is 1. The molecular weight excluding hydrogens is 342 g/mol. The fourth-order valence-electron chi connectivity index (χ4n) is 3.46. The maximum atomic E-state index is 13.1. The fraction of sp³-hybridized carbons (Fsp3) is 0.381. The Morgan fingerprint density at radius 2 is 1.85 bits per heavy atom. The lowest BCUT2D eigenvalue weighted by atomic mass is 10.00. The first-order chi connectivity index (χ1) is 13.0. The van der Waals surface area contributed by atoms with Gasteiger partial charge in [0.1, 0.15) is 5.56 Å². The molecule has 2 aliphatic rings. The molecule has 2 amide bonds. The summed E-state index contributed by atoms with van der Waals surface area (Å²) in [7, 11) is 1.73. The number of rotatable bonds is 6. The molecule has 6 heteroatoms. The van der Waals surface area contributed by atoms with E-state index in [0.29, 0.717) is 11.5 Å². The largest absolute Gasteiger partial charge is 0.349 e. The first-order valence-corrected chi connectivity index (χ1v) is 9.40. The quantitative estimate of drug-likeness (QED) is 0.825. The van der Waals surface area contributed by atoms with Gasteiger partial charge in [0.15, 0.2) is 0 Å². The van der Waals surface area contributed by atoms with Crippen LogP contribution >= 0.6 is 0 Å². The molecule has 1 heterocycles. The van der Waals surface area contributed by atoms with Crippen LogP contribution in [0.15, 0.2) is 47.4 Å². The normalized spacial score (nSPS) is 17.2. The molecule has 0 bridgehead atoms. The Morgan fingerprint density at radius 1 is 1.15 bits per heavy atom. The van der Waals surface area contributed by atoms with Crippen LogP contribution in [0.3, 0.4) is 0 Å². The summed E-state index contributed by atoms with van der Waals surface area (Å²) in [6.07, 6.45) is 5.45. The second-order valence-electron chi connectivity index (χ2n) is 7.49. The number of nitrogens with one attached hydrogen (secondary N) is 2. The van der Waals surface area contributed by atoms with Crippen LogP contribution in [0.5, 0.6) is 0 Å². The van der Waals surface area contributed by atoms with E-state index in [9.17, 15) is 14.4 Å². The summed E-state index contributed by atoms with van der Waals surface area (Å²) in [6, 6.07) is 11.4. The van der Waals surface area contributed by atoms with E-state index in [2.05, 4.69) is 10.3 Å². The van der Waals surface area contributed by atoms with Crippen LogP contribution in [0.2, 0.25) is 0 Å². The maximum Gasteiger partial charge on any atom is 0.260 e. The molecule has 2 aromatic rings. The van der Waals surface area contributed by atoms with Crippen LogP contribution in [0, 0.1) is 5.92 Å². The van der Waals surface area contributed by atoms with E-state index >= 15 is 0 Å². The van der Waals surface area contributed by atoms with Crippen LogP contribution in [-0.2, 0) is 0 Å². The lowest BCUT2D eigenvalue weighted by Gasteiger charge is -2.28. The van der Waals surface area contributed by atoms with E-state index in [0.717, 1.165) is 31.2 Å². The van der Waals surface area contributed by atoms with Crippen molar-refractivity contribution in [3.63, 3.8) is 0 Å². The fourth-order valence-corrected chi connectivity index (χ4v) is 3.46. The Balaban J connectivity index is 1.60. The van der Waals surface area contributed by atoms with Crippen molar-refractivity contribution in [1.82, 2.24) is 15.2 Å².